The third-order valence-electron chi connectivity index (χ3n) is 12.1. The molecule has 6 heteroatoms. The van der Waals surface area contributed by atoms with Crippen molar-refractivity contribution >= 4 is 17.9 Å². The van der Waals surface area contributed by atoms with Crippen molar-refractivity contribution in [1.82, 2.24) is 0 Å². The third-order valence-corrected chi connectivity index (χ3v) is 12.1. The average molecular weight is 1080 g/mol. The second-order valence-corrected chi connectivity index (χ2v) is 19.5. The van der Waals surface area contributed by atoms with Crippen molar-refractivity contribution in [2.45, 2.75) is 232 Å². The zero-order chi connectivity index (χ0) is 57.1. The van der Waals surface area contributed by atoms with Crippen molar-refractivity contribution in [3.05, 3.63) is 194 Å². The van der Waals surface area contributed by atoms with E-state index in [1.165, 1.54) is 0 Å². The Labute approximate surface area is 484 Å². The van der Waals surface area contributed by atoms with Gasteiger partial charge in [-0.3, -0.25) is 14.4 Å². The maximum Gasteiger partial charge on any atom is 0.306 e. The Morgan fingerprint density at radius 3 is 0.709 bits per heavy atom. The summed E-state index contributed by atoms with van der Waals surface area (Å²) in [5.74, 6) is -1.02. The lowest BCUT2D eigenvalue weighted by atomic mass is 10.1. The summed E-state index contributed by atoms with van der Waals surface area (Å²) in [5, 5.41) is 0. The van der Waals surface area contributed by atoms with Crippen LogP contribution < -0.4 is 0 Å². The SMILES string of the molecule is CC/C=C\C/C=C\C/C=C\C/C=C\C/C=C\C/C=C\C/C=C\C/C=C\C/C=C\CCCCCC(=O)OCC(COC(=O)CCCCC/C=C\C/C=C\C/C=C\CC)OC(=O)CCCCCC/C=C\C/C=C\C/C=C\C/C=C\CC. The average Bonchev–Trinajstić information content (AvgIpc) is 3.45. The molecule has 0 saturated heterocycles. The Morgan fingerprint density at radius 1 is 0.253 bits per heavy atom. The lowest BCUT2D eigenvalue weighted by Crippen LogP contribution is -2.30. The van der Waals surface area contributed by atoms with Crippen LogP contribution in [-0.4, -0.2) is 37.2 Å². The monoisotopic (exact) mass is 1080 g/mol. The molecule has 1 atom stereocenters. The maximum absolute atomic E-state index is 12.9. The Morgan fingerprint density at radius 2 is 0.456 bits per heavy atom. The molecule has 6 nitrogen and oxygen atoms in total. The van der Waals surface area contributed by atoms with Crippen molar-refractivity contribution in [3.8, 4) is 0 Å². The number of hydrogen-bond acceptors (Lipinski definition) is 6. The van der Waals surface area contributed by atoms with Gasteiger partial charge in [0.1, 0.15) is 13.2 Å². The molecule has 0 aliphatic rings. The van der Waals surface area contributed by atoms with E-state index in [0.717, 1.165) is 186 Å². The van der Waals surface area contributed by atoms with Gasteiger partial charge in [0, 0.05) is 19.3 Å². The zero-order valence-corrected chi connectivity index (χ0v) is 50.0. The van der Waals surface area contributed by atoms with Crippen LogP contribution in [0.1, 0.15) is 226 Å². The largest absolute Gasteiger partial charge is 0.462 e. The van der Waals surface area contributed by atoms with Crippen LogP contribution in [0.25, 0.3) is 0 Å². The van der Waals surface area contributed by atoms with Crippen LogP contribution in [0, 0.1) is 0 Å². The maximum atomic E-state index is 12.9. The molecule has 0 aliphatic carbocycles. The first-order valence-corrected chi connectivity index (χ1v) is 30.9. The highest BCUT2D eigenvalue weighted by molar-refractivity contribution is 5.71. The number of esters is 3. The molecular formula is C73H110O6. The van der Waals surface area contributed by atoms with Gasteiger partial charge in [-0.05, 0) is 161 Å². The van der Waals surface area contributed by atoms with Gasteiger partial charge in [0.05, 0.1) is 0 Å². The topological polar surface area (TPSA) is 78.9 Å². The summed E-state index contributed by atoms with van der Waals surface area (Å²) >= 11 is 0. The number of ether oxygens (including phenoxy) is 3. The Kier molecular flexibility index (Phi) is 60.1. The van der Waals surface area contributed by atoms with Crippen LogP contribution >= 0.6 is 0 Å². The van der Waals surface area contributed by atoms with E-state index in [9.17, 15) is 14.4 Å². The molecule has 79 heavy (non-hydrogen) atoms. The minimum atomic E-state index is -0.830. The van der Waals surface area contributed by atoms with E-state index in [-0.39, 0.29) is 37.5 Å². The predicted molar refractivity (Wildman–Crippen MR) is 343 cm³/mol. The van der Waals surface area contributed by atoms with Crippen LogP contribution in [0.5, 0.6) is 0 Å². The third kappa shape index (κ3) is 63.0. The van der Waals surface area contributed by atoms with Gasteiger partial charge in [-0.25, -0.2) is 0 Å². The molecular weight excluding hydrogens is 973 g/mol. The number of carbonyl (C=O) groups excluding carboxylic acids is 3. The second kappa shape index (κ2) is 64.8. The van der Waals surface area contributed by atoms with Crippen molar-refractivity contribution in [2.75, 3.05) is 13.2 Å². The number of rotatable bonds is 53. The first-order valence-electron chi connectivity index (χ1n) is 30.9. The summed E-state index contributed by atoms with van der Waals surface area (Å²) in [7, 11) is 0. The van der Waals surface area contributed by atoms with Crippen LogP contribution in [-0.2, 0) is 28.6 Å². The molecule has 438 valence electrons. The molecule has 0 bridgehead atoms. The highest BCUT2D eigenvalue weighted by Crippen LogP contribution is 2.12. The molecule has 1 unspecified atom stereocenters. The van der Waals surface area contributed by atoms with E-state index in [1.54, 1.807) is 0 Å². The minimum absolute atomic E-state index is 0.124. The standard InChI is InChI=1S/C73H110O6/c1-4-7-10-13-16-19-22-25-27-29-30-31-32-33-34-35-36-37-38-39-40-41-42-44-45-48-51-54-57-60-63-66-72(75)78-69-70(68-77-71(74)65-62-59-56-53-50-47-24-21-18-15-12-9-6-3)79-73(76)67-64-61-58-55-52-49-46-43-28-26-23-20-17-14-11-8-5-2/h7-12,16-21,25-28,30-31,33-34,36-37,39-40,42,44,46-51,70H,4-6,13-15,22-24,29,32,35,38,41,43,45,52-69H2,1-3H3/b10-7-,11-8-,12-9-,19-16-,20-17-,21-18-,27-25-,28-26-,31-30-,34-33-,37-36-,40-39-,44-42-,49-46-,50-47-,51-48-. The fraction of sp³-hybridized carbons (Fsp3) is 0.521. The summed E-state index contributed by atoms with van der Waals surface area (Å²) in [6.45, 7) is 6.20. The molecule has 0 rings (SSSR count). The number of carbonyl (C=O) groups is 3. The molecule has 0 radical (unpaired) electrons. The van der Waals surface area contributed by atoms with Gasteiger partial charge in [0.2, 0.25) is 0 Å². The highest BCUT2D eigenvalue weighted by atomic mass is 16.6. The van der Waals surface area contributed by atoms with Crippen molar-refractivity contribution in [3.63, 3.8) is 0 Å². The zero-order valence-electron chi connectivity index (χ0n) is 50.0. The van der Waals surface area contributed by atoms with Gasteiger partial charge in [0.15, 0.2) is 6.10 Å². The molecule has 0 aromatic heterocycles. The van der Waals surface area contributed by atoms with E-state index in [4.69, 9.17) is 14.2 Å². The van der Waals surface area contributed by atoms with E-state index < -0.39 is 6.10 Å². The second-order valence-electron chi connectivity index (χ2n) is 19.5. The fourth-order valence-corrected chi connectivity index (χ4v) is 7.56. The van der Waals surface area contributed by atoms with Gasteiger partial charge < -0.3 is 14.2 Å². The minimum Gasteiger partial charge on any atom is -0.462 e. The van der Waals surface area contributed by atoms with Gasteiger partial charge in [-0.15, -0.1) is 0 Å². The molecule has 0 N–H and O–H groups in total. The van der Waals surface area contributed by atoms with Crippen molar-refractivity contribution in [2.24, 2.45) is 0 Å². The Balaban J connectivity index is 4.47. The van der Waals surface area contributed by atoms with Crippen LogP contribution in [0.15, 0.2) is 194 Å². The van der Waals surface area contributed by atoms with Crippen LogP contribution in [0.3, 0.4) is 0 Å². The Bertz CT molecular complexity index is 1920. The lowest BCUT2D eigenvalue weighted by Gasteiger charge is -2.18. The summed E-state index contributed by atoms with van der Waals surface area (Å²) in [6, 6.07) is 0. The summed E-state index contributed by atoms with van der Waals surface area (Å²) in [6.07, 6.45) is 98.6. The first-order chi connectivity index (χ1) is 39.0. The fourth-order valence-electron chi connectivity index (χ4n) is 7.56. The summed E-state index contributed by atoms with van der Waals surface area (Å²) in [5.41, 5.74) is 0. The van der Waals surface area contributed by atoms with Crippen LogP contribution in [0.4, 0.5) is 0 Å². The number of unbranched alkanes of at least 4 members (excludes halogenated alkanes) is 10. The quantitative estimate of drug-likeness (QED) is 0.0261. The van der Waals surface area contributed by atoms with Crippen LogP contribution in [0.2, 0.25) is 0 Å². The molecule has 0 aliphatic heterocycles. The molecule has 0 aromatic rings. The number of hydrogen-bond donors (Lipinski definition) is 0. The summed E-state index contributed by atoms with van der Waals surface area (Å²) < 4.78 is 16.8. The van der Waals surface area contributed by atoms with Gasteiger partial charge in [-0.2, -0.15) is 0 Å². The molecule has 0 aromatic carbocycles. The van der Waals surface area contributed by atoms with E-state index in [0.29, 0.717) is 12.8 Å². The van der Waals surface area contributed by atoms with E-state index in [2.05, 4.69) is 215 Å². The smallest absolute Gasteiger partial charge is 0.306 e. The van der Waals surface area contributed by atoms with Gasteiger partial charge in [-0.1, -0.05) is 241 Å². The molecule has 0 heterocycles. The molecule has 0 saturated carbocycles. The molecule has 0 fully saturated rings. The number of allylic oxidation sites excluding steroid dienone is 32. The molecule has 0 spiro atoms. The molecule has 0 amide bonds. The normalized spacial score (nSPS) is 13.5. The van der Waals surface area contributed by atoms with E-state index in [1.807, 2.05) is 0 Å². The van der Waals surface area contributed by atoms with Gasteiger partial charge in [0.25, 0.3) is 0 Å². The lowest BCUT2D eigenvalue weighted by molar-refractivity contribution is -0.167. The highest BCUT2D eigenvalue weighted by Gasteiger charge is 2.19. The first kappa shape index (κ1) is 73.2. The predicted octanol–water partition coefficient (Wildman–Crippen LogP) is 21.4. The summed E-state index contributed by atoms with van der Waals surface area (Å²) in [4.78, 5) is 38.2. The Hall–Kier alpha value is -5.75. The van der Waals surface area contributed by atoms with Gasteiger partial charge >= 0.3 is 17.9 Å². The van der Waals surface area contributed by atoms with Crippen molar-refractivity contribution < 1.29 is 28.6 Å². The van der Waals surface area contributed by atoms with Crippen molar-refractivity contribution in [1.29, 1.82) is 0 Å². The van der Waals surface area contributed by atoms with E-state index >= 15 is 0 Å².